The van der Waals surface area contributed by atoms with E-state index >= 15 is 0 Å². The summed E-state index contributed by atoms with van der Waals surface area (Å²) in [6.45, 7) is 5.62. The predicted octanol–water partition coefficient (Wildman–Crippen LogP) is 4.97. The lowest BCUT2D eigenvalue weighted by Crippen LogP contribution is -2.16. The van der Waals surface area contributed by atoms with E-state index in [0.717, 1.165) is 11.5 Å². The quantitative estimate of drug-likeness (QED) is 0.676. The van der Waals surface area contributed by atoms with E-state index in [4.69, 9.17) is 25.8 Å². The van der Waals surface area contributed by atoms with E-state index in [9.17, 15) is 0 Å². The highest BCUT2D eigenvalue weighted by Gasteiger charge is 2.05. The fraction of sp³-hybridized carbons (Fsp3) is 0.176. The first-order chi connectivity index (χ1) is 10.1. The summed E-state index contributed by atoms with van der Waals surface area (Å²) >= 11 is 5.63. The maximum atomic E-state index is 5.70. The van der Waals surface area contributed by atoms with E-state index in [0.29, 0.717) is 10.8 Å². The number of hydrogen-bond acceptors (Lipinski definition) is 3. The zero-order chi connectivity index (χ0) is 15.1. The van der Waals surface area contributed by atoms with Crippen molar-refractivity contribution in [3.8, 4) is 17.2 Å². The summed E-state index contributed by atoms with van der Waals surface area (Å²) in [5, 5.41) is 0.442. The number of halogens is 1. The molecule has 0 aromatic heterocycles. The van der Waals surface area contributed by atoms with Gasteiger partial charge in [0.1, 0.15) is 17.2 Å². The molecule has 1 unspecified atom stereocenters. The monoisotopic (exact) mass is 304 g/mol. The van der Waals surface area contributed by atoms with Gasteiger partial charge in [-0.1, -0.05) is 36.4 Å². The standard InChI is InChI=1S/C17H17ClO3/c1-13(18)12-19-14(2)20-16-8-10-17(11-9-16)21-15-6-4-3-5-7-15/h3-11,14H,1,12H2,2H3. The van der Waals surface area contributed by atoms with Gasteiger partial charge in [0, 0.05) is 5.03 Å². The molecule has 0 saturated carbocycles. The van der Waals surface area contributed by atoms with E-state index in [1.807, 2.05) is 54.6 Å². The van der Waals surface area contributed by atoms with Gasteiger partial charge in [-0.25, -0.2) is 0 Å². The largest absolute Gasteiger partial charge is 0.465 e. The second kappa shape index (κ2) is 7.72. The van der Waals surface area contributed by atoms with E-state index in [2.05, 4.69) is 6.58 Å². The van der Waals surface area contributed by atoms with Crippen molar-refractivity contribution in [2.45, 2.75) is 13.2 Å². The van der Waals surface area contributed by atoms with Crippen molar-refractivity contribution in [3.05, 3.63) is 66.2 Å². The smallest absolute Gasteiger partial charge is 0.197 e. The molecule has 0 heterocycles. The molecular weight excluding hydrogens is 288 g/mol. The molecule has 0 saturated heterocycles. The summed E-state index contributed by atoms with van der Waals surface area (Å²) < 4.78 is 16.6. The summed E-state index contributed by atoms with van der Waals surface area (Å²) in [4.78, 5) is 0. The maximum Gasteiger partial charge on any atom is 0.197 e. The number of ether oxygens (including phenoxy) is 3. The van der Waals surface area contributed by atoms with Crippen molar-refractivity contribution in [2.24, 2.45) is 0 Å². The summed E-state index contributed by atoms with van der Waals surface area (Å²) in [6, 6.07) is 16.9. The Hall–Kier alpha value is -1.97. The second-order valence-electron chi connectivity index (χ2n) is 4.40. The van der Waals surface area contributed by atoms with Gasteiger partial charge in [-0.05, 0) is 43.3 Å². The fourth-order valence-electron chi connectivity index (χ4n) is 1.64. The molecule has 0 fully saturated rings. The van der Waals surface area contributed by atoms with Crippen LogP contribution >= 0.6 is 11.6 Å². The minimum Gasteiger partial charge on any atom is -0.465 e. The fourth-order valence-corrected chi connectivity index (χ4v) is 1.71. The number of para-hydroxylation sites is 1. The van der Waals surface area contributed by atoms with Crippen LogP contribution in [0.15, 0.2) is 66.2 Å². The molecule has 0 aliphatic carbocycles. The molecule has 110 valence electrons. The molecule has 2 aromatic carbocycles. The predicted molar refractivity (Wildman–Crippen MR) is 84.0 cm³/mol. The lowest BCUT2D eigenvalue weighted by Gasteiger charge is -2.15. The van der Waals surface area contributed by atoms with Gasteiger partial charge in [0.05, 0.1) is 6.61 Å². The molecule has 0 N–H and O–H groups in total. The molecule has 0 radical (unpaired) electrons. The average molecular weight is 305 g/mol. The van der Waals surface area contributed by atoms with Gasteiger partial charge in [-0.3, -0.25) is 0 Å². The van der Waals surface area contributed by atoms with E-state index in [1.54, 1.807) is 6.92 Å². The Balaban J connectivity index is 1.88. The molecule has 2 rings (SSSR count). The van der Waals surface area contributed by atoms with Crippen LogP contribution in [0.5, 0.6) is 17.2 Å². The summed E-state index contributed by atoms with van der Waals surface area (Å²) in [6.07, 6.45) is -0.401. The molecule has 0 amide bonds. The Morgan fingerprint density at radius 1 is 1.00 bits per heavy atom. The third-order valence-electron chi connectivity index (χ3n) is 2.58. The van der Waals surface area contributed by atoms with Crippen LogP contribution in [-0.2, 0) is 4.74 Å². The van der Waals surface area contributed by atoms with Crippen molar-refractivity contribution in [3.63, 3.8) is 0 Å². The van der Waals surface area contributed by atoms with Gasteiger partial charge >= 0.3 is 0 Å². The molecule has 0 bridgehead atoms. The zero-order valence-corrected chi connectivity index (χ0v) is 12.5. The molecule has 21 heavy (non-hydrogen) atoms. The summed E-state index contributed by atoms with van der Waals surface area (Å²) in [5.41, 5.74) is 0. The third-order valence-corrected chi connectivity index (χ3v) is 2.69. The molecule has 1 atom stereocenters. The van der Waals surface area contributed by atoms with E-state index in [-0.39, 0.29) is 6.61 Å². The Kier molecular flexibility index (Phi) is 5.67. The first-order valence-corrected chi connectivity index (χ1v) is 6.96. The van der Waals surface area contributed by atoms with Crippen LogP contribution in [0, 0.1) is 0 Å². The van der Waals surface area contributed by atoms with Gasteiger partial charge in [0.15, 0.2) is 6.29 Å². The topological polar surface area (TPSA) is 27.7 Å². The third kappa shape index (κ3) is 5.50. The number of benzene rings is 2. The van der Waals surface area contributed by atoms with Crippen LogP contribution in [0.4, 0.5) is 0 Å². The summed E-state index contributed by atoms with van der Waals surface area (Å²) in [5.74, 6) is 2.24. The molecule has 0 spiro atoms. The Bertz CT molecular complexity index is 566. The van der Waals surface area contributed by atoms with Crippen molar-refractivity contribution in [1.29, 1.82) is 0 Å². The van der Waals surface area contributed by atoms with Gasteiger partial charge in [0.25, 0.3) is 0 Å². The lowest BCUT2D eigenvalue weighted by atomic mass is 10.3. The Morgan fingerprint density at radius 2 is 1.57 bits per heavy atom. The average Bonchev–Trinajstić information content (AvgIpc) is 2.48. The van der Waals surface area contributed by atoms with Crippen LogP contribution in [0.2, 0.25) is 0 Å². The minimum atomic E-state index is -0.401. The van der Waals surface area contributed by atoms with Crippen molar-refractivity contribution in [2.75, 3.05) is 6.61 Å². The molecule has 0 aliphatic rings. The van der Waals surface area contributed by atoms with Crippen molar-refractivity contribution >= 4 is 11.6 Å². The van der Waals surface area contributed by atoms with Gasteiger partial charge < -0.3 is 14.2 Å². The van der Waals surface area contributed by atoms with Crippen LogP contribution in [0.1, 0.15) is 6.92 Å². The van der Waals surface area contributed by atoms with Crippen LogP contribution in [0.25, 0.3) is 0 Å². The molecule has 3 nitrogen and oxygen atoms in total. The highest BCUT2D eigenvalue weighted by molar-refractivity contribution is 6.29. The Morgan fingerprint density at radius 3 is 2.19 bits per heavy atom. The highest BCUT2D eigenvalue weighted by atomic mass is 35.5. The SMILES string of the molecule is C=C(Cl)COC(C)Oc1ccc(Oc2ccccc2)cc1. The molecule has 2 aromatic rings. The summed E-state index contributed by atoms with van der Waals surface area (Å²) in [7, 11) is 0. The van der Waals surface area contributed by atoms with Gasteiger partial charge in [-0.15, -0.1) is 0 Å². The van der Waals surface area contributed by atoms with Gasteiger partial charge in [-0.2, -0.15) is 0 Å². The highest BCUT2D eigenvalue weighted by Crippen LogP contribution is 2.24. The lowest BCUT2D eigenvalue weighted by molar-refractivity contribution is -0.0558. The van der Waals surface area contributed by atoms with Crippen LogP contribution < -0.4 is 9.47 Å². The first-order valence-electron chi connectivity index (χ1n) is 6.58. The number of rotatable bonds is 7. The maximum absolute atomic E-state index is 5.70. The minimum absolute atomic E-state index is 0.262. The van der Waals surface area contributed by atoms with Gasteiger partial charge in [0.2, 0.25) is 0 Å². The molecule has 0 aliphatic heterocycles. The van der Waals surface area contributed by atoms with Crippen LogP contribution in [-0.4, -0.2) is 12.9 Å². The van der Waals surface area contributed by atoms with E-state index in [1.165, 1.54) is 0 Å². The van der Waals surface area contributed by atoms with Crippen molar-refractivity contribution in [1.82, 2.24) is 0 Å². The number of hydrogen-bond donors (Lipinski definition) is 0. The second-order valence-corrected chi connectivity index (χ2v) is 4.93. The Labute approximate surface area is 129 Å². The normalized spacial score (nSPS) is 11.7. The molecular formula is C17H17ClO3. The first kappa shape index (κ1) is 15.4. The zero-order valence-electron chi connectivity index (χ0n) is 11.8. The van der Waals surface area contributed by atoms with E-state index < -0.39 is 6.29 Å². The van der Waals surface area contributed by atoms with Crippen LogP contribution in [0.3, 0.4) is 0 Å². The molecule has 4 heteroatoms. The van der Waals surface area contributed by atoms with Crippen molar-refractivity contribution < 1.29 is 14.2 Å².